The molecule has 0 unspecified atom stereocenters. The van der Waals surface area contributed by atoms with Gasteiger partial charge in [-0.2, -0.15) is 5.10 Å². The second kappa shape index (κ2) is 7.08. The SMILES string of the molecule is CC(=NNc1ccc([N+](=O)[O-])cc1[N+](=O)[O-])c1ccc2ccccc2c1O. The lowest BCUT2D eigenvalue weighted by atomic mass is 10.0. The number of aromatic hydroxyl groups is 1. The molecule has 9 nitrogen and oxygen atoms in total. The molecule has 27 heavy (non-hydrogen) atoms. The normalized spacial score (nSPS) is 11.4. The van der Waals surface area contributed by atoms with Crippen molar-refractivity contribution in [2.75, 3.05) is 5.43 Å². The summed E-state index contributed by atoms with van der Waals surface area (Å²) in [5.74, 6) is 0.0503. The van der Waals surface area contributed by atoms with Crippen LogP contribution in [0.4, 0.5) is 17.1 Å². The number of benzene rings is 3. The van der Waals surface area contributed by atoms with E-state index in [9.17, 15) is 25.3 Å². The molecule has 0 aromatic heterocycles. The molecule has 136 valence electrons. The van der Waals surface area contributed by atoms with Gasteiger partial charge in [0.15, 0.2) is 0 Å². The van der Waals surface area contributed by atoms with Gasteiger partial charge in [-0.15, -0.1) is 0 Å². The highest BCUT2D eigenvalue weighted by Crippen LogP contribution is 2.31. The molecule has 3 aromatic carbocycles. The maximum atomic E-state index is 11.2. The molecule has 0 heterocycles. The summed E-state index contributed by atoms with van der Waals surface area (Å²) in [5.41, 5.74) is 2.55. The summed E-state index contributed by atoms with van der Waals surface area (Å²) in [4.78, 5) is 20.5. The third kappa shape index (κ3) is 3.52. The number of rotatable bonds is 5. The minimum absolute atomic E-state index is 0.00484. The fourth-order valence-electron chi connectivity index (χ4n) is 2.63. The number of hydrazone groups is 1. The number of nitrogens with one attached hydrogen (secondary N) is 1. The molecule has 0 atom stereocenters. The van der Waals surface area contributed by atoms with Crippen molar-refractivity contribution in [3.8, 4) is 5.75 Å². The fourth-order valence-corrected chi connectivity index (χ4v) is 2.63. The van der Waals surface area contributed by atoms with E-state index in [4.69, 9.17) is 0 Å². The zero-order chi connectivity index (χ0) is 19.6. The molecule has 9 heteroatoms. The van der Waals surface area contributed by atoms with E-state index in [0.717, 1.165) is 17.5 Å². The van der Waals surface area contributed by atoms with Gasteiger partial charge in [0.2, 0.25) is 0 Å². The minimum Gasteiger partial charge on any atom is -0.507 e. The highest BCUT2D eigenvalue weighted by Gasteiger charge is 2.19. The third-order valence-electron chi connectivity index (χ3n) is 4.02. The number of nitro groups is 2. The summed E-state index contributed by atoms with van der Waals surface area (Å²) in [5, 5.41) is 38.0. The Morgan fingerprint density at radius 2 is 1.78 bits per heavy atom. The summed E-state index contributed by atoms with van der Waals surface area (Å²) in [6.07, 6.45) is 0. The second-order valence-corrected chi connectivity index (χ2v) is 5.71. The van der Waals surface area contributed by atoms with Crippen LogP contribution >= 0.6 is 0 Å². The van der Waals surface area contributed by atoms with E-state index in [1.807, 2.05) is 18.2 Å². The largest absolute Gasteiger partial charge is 0.507 e. The fraction of sp³-hybridized carbons (Fsp3) is 0.0556. The molecule has 0 aliphatic rings. The van der Waals surface area contributed by atoms with Crippen molar-refractivity contribution in [3.05, 3.63) is 80.4 Å². The van der Waals surface area contributed by atoms with E-state index in [1.54, 1.807) is 25.1 Å². The molecule has 0 saturated carbocycles. The molecule has 0 fully saturated rings. The predicted molar refractivity (Wildman–Crippen MR) is 101 cm³/mol. The maximum absolute atomic E-state index is 11.2. The highest BCUT2D eigenvalue weighted by atomic mass is 16.6. The Balaban J connectivity index is 1.95. The molecule has 0 aliphatic heterocycles. The van der Waals surface area contributed by atoms with Gasteiger partial charge in [-0.3, -0.25) is 25.7 Å². The predicted octanol–water partition coefficient (Wildman–Crippen LogP) is 4.20. The Morgan fingerprint density at radius 3 is 2.48 bits per heavy atom. The van der Waals surface area contributed by atoms with Crippen LogP contribution in [0.5, 0.6) is 5.75 Å². The molecular formula is C18H14N4O5. The Morgan fingerprint density at radius 1 is 1.04 bits per heavy atom. The second-order valence-electron chi connectivity index (χ2n) is 5.71. The molecule has 0 amide bonds. The molecule has 0 radical (unpaired) electrons. The lowest BCUT2D eigenvalue weighted by molar-refractivity contribution is -0.393. The Bertz CT molecular complexity index is 1090. The third-order valence-corrected chi connectivity index (χ3v) is 4.02. The highest BCUT2D eigenvalue weighted by molar-refractivity contribution is 6.06. The van der Waals surface area contributed by atoms with E-state index in [2.05, 4.69) is 10.5 Å². The quantitative estimate of drug-likeness (QED) is 0.395. The number of hydrogen-bond acceptors (Lipinski definition) is 7. The van der Waals surface area contributed by atoms with E-state index >= 15 is 0 Å². The van der Waals surface area contributed by atoms with Gasteiger partial charge in [0.1, 0.15) is 11.4 Å². The van der Waals surface area contributed by atoms with Gasteiger partial charge in [-0.1, -0.05) is 30.3 Å². The molecule has 0 spiro atoms. The van der Waals surface area contributed by atoms with Gasteiger partial charge < -0.3 is 5.11 Å². The first kappa shape index (κ1) is 17.8. The van der Waals surface area contributed by atoms with Crippen molar-refractivity contribution in [3.63, 3.8) is 0 Å². The molecule has 0 saturated heterocycles. The lowest BCUT2D eigenvalue weighted by Crippen LogP contribution is -2.03. The Hall–Kier alpha value is -4.01. The van der Waals surface area contributed by atoms with Gasteiger partial charge in [0, 0.05) is 17.0 Å². The number of hydrogen-bond donors (Lipinski definition) is 2. The minimum atomic E-state index is -0.728. The first-order chi connectivity index (χ1) is 12.9. The Kier molecular flexibility index (Phi) is 4.67. The van der Waals surface area contributed by atoms with Crippen LogP contribution in [0.3, 0.4) is 0 Å². The smallest absolute Gasteiger partial charge is 0.301 e. The van der Waals surface area contributed by atoms with Gasteiger partial charge >= 0.3 is 5.69 Å². The lowest BCUT2D eigenvalue weighted by Gasteiger charge is -2.08. The number of non-ortho nitro benzene ring substituents is 1. The van der Waals surface area contributed by atoms with Crippen molar-refractivity contribution < 1.29 is 15.0 Å². The van der Waals surface area contributed by atoms with Crippen LogP contribution in [0.1, 0.15) is 12.5 Å². The van der Waals surface area contributed by atoms with Crippen molar-refractivity contribution >= 4 is 33.5 Å². The summed E-state index contributed by atoms with van der Waals surface area (Å²) in [6.45, 7) is 1.63. The van der Waals surface area contributed by atoms with E-state index < -0.39 is 15.5 Å². The number of phenolic OH excluding ortho intramolecular Hbond substituents is 1. The summed E-state index contributed by atoms with van der Waals surface area (Å²) < 4.78 is 0. The number of fused-ring (bicyclic) bond motifs is 1. The van der Waals surface area contributed by atoms with E-state index in [0.29, 0.717) is 16.7 Å². The van der Waals surface area contributed by atoms with Crippen molar-refractivity contribution in [1.82, 2.24) is 0 Å². The van der Waals surface area contributed by atoms with Crippen LogP contribution in [0, 0.1) is 20.2 Å². The van der Waals surface area contributed by atoms with Crippen LogP contribution < -0.4 is 5.43 Å². The first-order valence-corrected chi connectivity index (χ1v) is 7.82. The monoisotopic (exact) mass is 366 g/mol. The standard InChI is InChI=1S/C18H14N4O5/c1-11(14-8-6-12-4-2-3-5-15(12)18(14)23)19-20-16-9-7-13(21(24)25)10-17(16)22(26)27/h2-10,20,23H,1H3. The molecule has 0 bridgehead atoms. The van der Waals surface area contributed by atoms with Crippen LogP contribution in [-0.4, -0.2) is 20.7 Å². The maximum Gasteiger partial charge on any atom is 0.301 e. The summed E-state index contributed by atoms with van der Waals surface area (Å²) in [7, 11) is 0. The average molecular weight is 366 g/mol. The summed E-state index contributed by atoms with van der Waals surface area (Å²) >= 11 is 0. The summed E-state index contributed by atoms with van der Waals surface area (Å²) in [6, 6.07) is 14.1. The van der Waals surface area contributed by atoms with Crippen LogP contribution in [0.2, 0.25) is 0 Å². The van der Waals surface area contributed by atoms with Crippen molar-refractivity contribution in [1.29, 1.82) is 0 Å². The molecule has 2 N–H and O–H groups in total. The van der Waals surface area contributed by atoms with Gasteiger partial charge in [0.05, 0.1) is 21.6 Å². The molecular weight excluding hydrogens is 352 g/mol. The van der Waals surface area contributed by atoms with Crippen LogP contribution in [0.15, 0.2) is 59.7 Å². The van der Waals surface area contributed by atoms with Gasteiger partial charge in [-0.05, 0) is 24.4 Å². The number of nitrogens with zero attached hydrogens (tertiary/aromatic N) is 3. The van der Waals surface area contributed by atoms with E-state index in [1.165, 1.54) is 6.07 Å². The van der Waals surface area contributed by atoms with Crippen molar-refractivity contribution in [2.24, 2.45) is 5.10 Å². The first-order valence-electron chi connectivity index (χ1n) is 7.82. The number of anilines is 1. The van der Waals surface area contributed by atoms with Gasteiger partial charge in [-0.25, -0.2) is 0 Å². The van der Waals surface area contributed by atoms with Gasteiger partial charge in [0.25, 0.3) is 5.69 Å². The Labute approximate surface area is 152 Å². The van der Waals surface area contributed by atoms with E-state index in [-0.39, 0.29) is 17.1 Å². The average Bonchev–Trinajstić information content (AvgIpc) is 2.66. The number of phenols is 1. The zero-order valence-electron chi connectivity index (χ0n) is 14.1. The van der Waals surface area contributed by atoms with Crippen molar-refractivity contribution in [2.45, 2.75) is 6.92 Å². The van der Waals surface area contributed by atoms with Crippen LogP contribution in [0.25, 0.3) is 10.8 Å². The molecule has 3 rings (SSSR count). The zero-order valence-corrected chi connectivity index (χ0v) is 14.1. The number of nitro benzene ring substituents is 2. The topological polar surface area (TPSA) is 131 Å². The van der Waals surface area contributed by atoms with Crippen LogP contribution in [-0.2, 0) is 0 Å². The molecule has 0 aliphatic carbocycles. The molecule has 3 aromatic rings.